The van der Waals surface area contributed by atoms with Crippen molar-refractivity contribution in [1.29, 1.82) is 0 Å². The summed E-state index contributed by atoms with van der Waals surface area (Å²) < 4.78 is 5.35. The van der Waals surface area contributed by atoms with Crippen LogP contribution in [0.5, 0.6) is 0 Å². The summed E-state index contributed by atoms with van der Waals surface area (Å²) in [6, 6.07) is 12.1. The molecule has 0 saturated heterocycles. The number of rotatable bonds is 1. The van der Waals surface area contributed by atoms with Crippen molar-refractivity contribution in [1.82, 2.24) is 0 Å². The Morgan fingerprint density at radius 3 is 1.88 bits per heavy atom. The topological polar surface area (TPSA) is 13.1 Å². The summed E-state index contributed by atoms with van der Waals surface area (Å²) in [7, 11) is 0. The Hall–Kier alpha value is -1.50. The molecule has 0 radical (unpaired) electrons. The van der Waals surface area contributed by atoms with E-state index in [0.717, 1.165) is 16.9 Å². The fourth-order valence-corrected chi connectivity index (χ4v) is 1.19. The van der Waals surface area contributed by atoms with Crippen LogP contribution in [0.1, 0.15) is 33.3 Å². The standard InChI is InChI=1S/C11H10O.2C2H6/c1-9-7-11(12-8-9)10-5-3-2-4-6-10;2*1-2/h2-8H,1H3;2*1-2H3. The van der Waals surface area contributed by atoms with Crippen molar-refractivity contribution in [3.8, 4) is 11.3 Å². The highest BCUT2D eigenvalue weighted by Gasteiger charge is 1.99. The third-order valence-corrected chi connectivity index (χ3v) is 1.79. The van der Waals surface area contributed by atoms with Crippen LogP contribution in [-0.4, -0.2) is 0 Å². The molecule has 0 bridgehead atoms. The zero-order valence-electron chi connectivity index (χ0n) is 10.9. The quantitative estimate of drug-likeness (QED) is 0.632. The molecule has 88 valence electrons. The zero-order valence-corrected chi connectivity index (χ0v) is 10.9. The van der Waals surface area contributed by atoms with Crippen molar-refractivity contribution >= 4 is 0 Å². The third kappa shape index (κ3) is 4.35. The molecule has 0 atom stereocenters. The fraction of sp³-hybridized carbons (Fsp3) is 0.333. The molecule has 0 spiro atoms. The SMILES string of the molecule is CC.CC.Cc1coc(-c2ccccc2)c1. The van der Waals surface area contributed by atoms with E-state index in [4.69, 9.17) is 4.42 Å². The summed E-state index contributed by atoms with van der Waals surface area (Å²) >= 11 is 0. The van der Waals surface area contributed by atoms with Gasteiger partial charge in [0.05, 0.1) is 6.26 Å². The van der Waals surface area contributed by atoms with E-state index in [1.165, 1.54) is 0 Å². The highest BCUT2D eigenvalue weighted by Crippen LogP contribution is 2.20. The van der Waals surface area contributed by atoms with E-state index in [-0.39, 0.29) is 0 Å². The van der Waals surface area contributed by atoms with Crippen LogP contribution in [0.25, 0.3) is 11.3 Å². The molecule has 2 rings (SSSR count). The number of benzene rings is 1. The van der Waals surface area contributed by atoms with Gasteiger partial charge >= 0.3 is 0 Å². The molecule has 0 saturated carbocycles. The summed E-state index contributed by atoms with van der Waals surface area (Å²) in [6.07, 6.45) is 1.77. The lowest BCUT2D eigenvalue weighted by atomic mass is 10.2. The maximum absolute atomic E-state index is 5.35. The third-order valence-electron chi connectivity index (χ3n) is 1.79. The van der Waals surface area contributed by atoms with E-state index in [9.17, 15) is 0 Å². The van der Waals surface area contributed by atoms with Gasteiger partial charge in [-0.3, -0.25) is 0 Å². The first-order valence-corrected chi connectivity index (χ1v) is 5.97. The van der Waals surface area contributed by atoms with E-state index in [0.29, 0.717) is 0 Å². The second-order valence-electron chi connectivity index (χ2n) is 2.85. The Balaban J connectivity index is 0.000000509. The minimum Gasteiger partial charge on any atom is -0.464 e. The van der Waals surface area contributed by atoms with E-state index >= 15 is 0 Å². The molecule has 16 heavy (non-hydrogen) atoms. The van der Waals surface area contributed by atoms with Gasteiger partial charge in [0, 0.05) is 5.56 Å². The van der Waals surface area contributed by atoms with E-state index in [2.05, 4.69) is 0 Å². The zero-order chi connectivity index (χ0) is 12.4. The van der Waals surface area contributed by atoms with Gasteiger partial charge in [0.25, 0.3) is 0 Å². The van der Waals surface area contributed by atoms with Crippen molar-refractivity contribution in [2.24, 2.45) is 0 Å². The monoisotopic (exact) mass is 218 g/mol. The highest BCUT2D eigenvalue weighted by molar-refractivity contribution is 5.57. The first-order chi connectivity index (χ1) is 7.86. The van der Waals surface area contributed by atoms with Crippen LogP contribution in [0.4, 0.5) is 0 Å². The summed E-state index contributed by atoms with van der Waals surface area (Å²) in [5.41, 5.74) is 2.29. The molecule has 0 aliphatic carbocycles. The normalized spacial score (nSPS) is 8.31. The van der Waals surface area contributed by atoms with Crippen molar-refractivity contribution in [2.75, 3.05) is 0 Å². The number of hydrogen-bond acceptors (Lipinski definition) is 1. The predicted molar refractivity (Wildman–Crippen MR) is 71.6 cm³/mol. The van der Waals surface area contributed by atoms with Gasteiger partial charge in [-0.05, 0) is 18.6 Å². The van der Waals surface area contributed by atoms with Gasteiger partial charge in [-0.2, -0.15) is 0 Å². The van der Waals surface area contributed by atoms with Gasteiger partial charge in [0.15, 0.2) is 0 Å². The maximum Gasteiger partial charge on any atom is 0.134 e. The number of furan rings is 1. The molecule has 2 aromatic rings. The molecule has 1 nitrogen and oxygen atoms in total. The molecule has 1 aromatic carbocycles. The number of hydrogen-bond donors (Lipinski definition) is 0. The van der Waals surface area contributed by atoms with Crippen molar-refractivity contribution in [3.63, 3.8) is 0 Å². The second kappa shape index (κ2) is 8.78. The molecule has 0 aliphatic heterocycles. The van der Waals surface area contributed by atoms with Crippen LogP contribution in [-0.2, 0) is 0 Å². The Morgan fingerprint density at radius 1 is 0.875 bits per heavy atom. The summed E-state index contributed by atoms with van der Waals surface area (Å²) in [5.74, 6) is 0.938. The smallest absolute Gasteiger partial charge is 0.134 e. The Morgan fingerprint density at radius 2 is 1.44 bits per heavy atom. The lowest BCUT2D eigenvalue weighted by Crippen LogP contribution is -1.69. The summed E-state index contributed by atoms with van der Waals surface area (Å²) in [6.45, 7) is 10.0. The van der Waals surface area contributed by atoms with Gasteiger partial charge in [-0.1, -0.05) is 58.0 Å². The molecule has 1 heterocycles. The Bertz CT molecular complexity index is 360. The van der Waals surface area contributed by atoms with Gasteiger partial charge < -0.3 is 4.42 Å². The van der Waals surface area contributed by atoms with Gasteiger partial charge in [-0.25, -0.2) is 0 Å². The molecule has 1 aromatic heterocycles. The molecule has 0 unspecified atom stereocenters. The van der Waals surface area contributed by atoms with Crippen molar-refractivity contribution in [2.45, 2.75) is 34.6 Å². The highest BCUT2D eigenvalue weighted by atomic mass is 16.3. The van der Waals surface area contributed by atoms with E-state index in [1.54, 1.807) is 6.26 Å². The molecule has 0 amide bonds. The lowest BCUT2D eigenvalue weighted by Gasteiger charge is -1.92. The molecule has 0 N–H and O–H groups in total. The Labute approximate surface area is 99.1 Å². The molecule has 1 heteroatoms. The Kier molecular flexibility index (Phi) is 7.96. The van der Waals surface area contributed by atoms with E-state index < -0.39 is 0 Å². The van der Waals surface area contributed by atoms with Crippen molar-refractivity contribution in [3.05, 3.63) is 48.2 Å². The molecule has 0 aliphatic rings. The van der Waals surface area contributed by atoms with Crippen LogP contribution in [0.3, 0.4) is 0 Å². The van der Waals surface area contributed by atoms with Crippen LogP contribution in [0.2, 0.25) is 0 Å². The van der Waals surface area contributed by atoms with Crippen LogP contribution in [0.15, 0.2) is 47.1 Å². The maximum atomic E-state index is 5.35. The molecular weight excluding hydrogens is 196 g/mol. The molecule has 0 fully saturated rings. The fourth-order valence-electron chi connectivity index (χ4n) is 1.19. The van der Waals surface area contributed by atoms with Gasteiger partial charge in [0.2, 0.25) is 0 Å². The van der Waals surface area contributed by atoms with Crippen LogP contribution in [0, 0.1) is 6.92 Å². The molecular formula is C15H22O. The average Bonchev–Trinajstić information content (AvgIpc) is 2.82. The lowest BCUT2D eigenvalue weighted by molar-refractivity contribution is 0.580. The minimum atomic E-state index is 0.938. The first-order valence-electron chi connectivity index (χ1n) is 5.97. The number of aryl methyl sites for hydroxylation is 1. The average molecular weight is 218 g/mol. The summed E-state index contributed by atoms with van der Waals surface area (Å²) in [5, 5.41) is 0. The minimum absolute atomic E-state index is 0.938. The largest absolute Gasteiger partial charge is 0.464 e. The van der Waals surface area contributed by atoms with Crippen molar-refractivity contribution < 1.29 is 4.42 Å². The van der Waals surface area contributed by atoms with Crippen LogP contribution >= 0.6 is 0 Å². The first kappa shape index (κ1) is 14.5. The predicted octanol–water partition coefficient (Wildman–Crippen LogP) is 5.31. The van der Waals surface area contributed by atoms with Gasteiger partial charge in [-0.15, -0.1) is 0 Å². The van der Waals surface area contributed by atoms with Gasteiger partial charge in [0.1, 0.15) is 5.76 Å². The van der Waals surface area contributed by atoms with E-state index in [1.807, 2.05) is 71.0 Å². The second-order valence-corrected chi connectivity index (χ2v) is 2.85. The summed E-state index contributed by atoms with van der Waals surface area (Å²) in [4.78, 5) is 0. The van der Waals surface area contributed by atoms with Crippen LogP contribution < -0.4 is 0 Å².